The summed E-state index contributed by atoms with van der Waals surface area (Å²) in [5.74, 6) is 1.22. The number of thiocarbonyl (C=S) groups is 1. The Morgan fingerprint density at radius 1 is 1.03 bits per heavy atom. The maximum absolute atomic E-state index is 12.0. The van der Waals surface area contributed by atoms with Crippen molar-refractivity contribution in [1.29, 1.82) is 0 Å². The molecule has 1 aliphatic heterocycles. The van der Waals surface area contributed by atoms with Crippen molar-refractivity contribution in [3.8, 4) is 17.2 Å². The summed E-state index contributed by atoms with van der Waals surface area (Å²) in [6.07, 6.45) is 1.77. The number of aromatic nitrogens is 2. The van der Waals surface area contributed by atoms with Crippen molar-refractivity contribution in [2.24, 2.45) is 0 Å². The van der Waals surface area contributed by atoms with E-state index in [1.807, 2.05) is 60.9 Å². The molecule has 1 N–H and O–H groups in total. The first-order chi connectivity index (χ1) is 18.8. The molecule has 0 aliphatic carbocycles. The zero-order valence-electron chi connectivity index (χ0n) is 22.1. The molecule has 4 aromatic rings. The molecule has 3 heterocycles. The van der Waals surface area contributed by atoms with Gasteiger partial charge in [-0.3, -0.25) is 15.1 Å². The zero-order valence-corrected chi connectivity index (χ0v) is 22.9. The van der Waals surface area contributed by atoms with Crippen molar-refractivity contribution in [3.63, 3.8) is 0 Å². The molecule has 5 rings (SSSR count). The van der Waals surface area contributed by atoms with Crippen LogP contribution in [0.2, 0.25) is 0 Å². The lowest BCUT2D eigenvalue weighted by atomic mass is 9.96. The SMILES string of the molecule is COc1ccc(CN2C(=S)N[C@@H](c3ccccn3)[C@H]2c2cc(C)n(-c3ccc(OC)cc3[N+](=O)[O-])c2C)cc1. The third-order valence-electron chi connectivity index (χ3n) is 7.12. The van der Waals surface area contributed by atoms with Crippen molar-refractivity contribution >= 4 is 23.0 Å². The highest BCUT2D eigenvalue weighted by Gasteiger charge is 2.41. The maximum atomic E-state index is 12.0. The largest absolute Gasteiger partial charge is 0.497 e. The molecule has 39 heavy (non-hydrogen) atoms. The minimum Gasteiger partial charge on any atom is -0.497 e. The molecule has 2 aromatic carbocycles. The van der Waals surface area contributed by atoms with E-state index in [0.717, 1.165) is 34.0 Å². The lowest BCUT2D eigenvalue weighted by Gasteiger charge is -2.28. The third-order valence-corrected chi connectivity index (χ3v) is 7.47. The Balaban J connectivity index is 1.63. The van der Waals surface area contributed by atoms with Crippen LogP contribution in [-0.2, 0) is 6.54 Å². The van der Waals surface area contributed by atoms with Gasteiger partial charge in [-0.1, -0.05) is 18.2 Å². The number of nitro benzene ring substituents is 1. The number of hydrogen-bond donors (Lipinski definition) is 1. The van der Waals surface area contributed by atoms with Crippen molar-refractivity contribution in [2.75, 3.05) is 14.2 Å². The molecule has 1 saturated heterocycles. The molecule has 0 spiro atoms. The van der Waals surface area contributed by atoms with Gasteiger partial charge in [-0.05, 0) is 79.7 Å². The summed E-state index contributed by atoms with van der Waals surface area (Å²) in [4.78, 5) is 18.4. The Bertz CT molecular complexity index is 1520. The molecule has 9 nitrogen and oxygen atoms in total. The van der Waals surface area contributed by atoms with E-state index in [2.05, 4.69) is 21.3 Å². The van der Waals surface area contributed by atoms with Gasteiger partial charge in [0, 0.05) is 24.1 Å². The van der Waals surface area contributed by atoms with Crippen LogP contribution in [0.3, 0.4) is 0 Å². The molecule has 10 heteroatoms. The molecule has 1 fully saturated rings. The van der Waals surface area contributed by atoms with Gasteiger partial charge in [0.2, 0.25) is 0 Å². The molecule has 0 saturated carbocycles. The highest BCUT2D eigenvalue weighted by molar-refractivity contribution is 7.80. The van der Waals surface area contributed by atoms with Crippen LogP contribution in [-0.4, -0.2) is 38.7 Å². The fourth-order valence-electron chi connectivity index (χ4n) is 5.27. The first-order valence-electron chi connectivity index (χ1n) is 12.4. The van der Waals surface area contributed by atoms with Crippen LogP contribution >= 0.6 is 12.2 Å². The molecule has 2 atom stereocenters. The monoisotopic (exact) mass is 543 g/mol. The third kappa shape index (κ3) is 4.90. The highest BCUT2D eigenvalue weighted by Crippen LogP contribution is 2.43. The smallest absolute Gasteiger partial charge is 0.296 e. The second-order valence-electron chi connectivity index (χ2n) is 9.38. The molecule has 200 valence electrons. The standard InChI is InChI=1S/C29H29N5O4S/c1-18-15-23(19(2)33(18)25-13-12-22(38-4)16-26(25)34(35)36)28-27(24-7-5-6-14-30-24)31-29(39)32(28)17-20-8-10-21(37-3)11-9-20/h5-16,27-28H,17H2,1-4H3,(H,31,39)/t27-,28+/m0/s1. The van der Waals surface area contributed by atoms with Gasteiger partial charge in [-0.15, -0.1) is 0 Å². The summed E-state index contributed by atoms with van der Waals surface area (Å²) in [6.45, 7) is 4.50. The average molecular weight is 544 g/mol. The number of ether oxygens (including phenoxy) is 2. The molecular formula is C29H29N5O4S. The molecule has 0 bridgehead atoms. The fourth-order valence-corrected chi connectivity index (χ4v) is 5.57. The molecule has 1 aliphatic rings. The summed E-state index contributed by atoms with van der Waals surface area (Å²) in [6, 6.07) is 20.3. The predicted octanol–water partition coefficient (Wildman–Crippen LogP) is 5.59. The van der Waals surface area contributed by atoms with Crippen LogP contribution in [0.5, 0.6) is 11.5 Å². The van der Waals surface area contributed by atoms with E-state index in [1.54, 1.807) is 25.4 Å². The van der Waals surface area contributed by atoms with Crippen molar-refractivity contribution in [1.82, 2.24) is 19.8 Å². The first-order valence-corrected chi connectivity index (χ1v) is 12.9. The lowest BCUT2D eigenvalue weighted by Crippen LogP contribution is -2.29. The van der Waals surface area contributed by atoms with E-state index in [4.69, 9.17) is 21.7 Å². The van der Waals surface area contributed by atoms with Crippen LogP contribution < -0.4 is 14.8 Å². The average Bonchev–Trinajstić information content (AvgIpc) is 3.43. The number of pyridine rings is 1. The number of nitrogens with zero attached hydrogens (tertiary/aromatic N) is 4. The second-order valence-corrected chi connectivity index (χ2v) is 9.76. The number of nitro groups is 1. The van der Waals surface area contributed by atoms with Gasteiger partial charge in [0.25, 0.3) is 5.69 Å². The minimum absolute atomic E-state index is 0.0286. The second kappa shape index (κ2) is 10.7. The van der Waals surface area contributed by atoms with Crippen LogP contribution in [0.15, 0.2) is 72.9 Å². The van der Waals surface area contributed by atoms with E-state index in [-0.39, 0.29) is 22.7 Å². The highest BCUT2D eigenvalue weighted by atomic mass is 32.1. The molecule has 0 amide bonds. The maximum Gasteiger partial charge on any atom is 0.296 e. The van der Waals surface area contributed by atoms with Crippen LogP contribution in [0.25, 0.3) is 5.69 Å². The summed E-state index contributed by atoms with van der Waals surface area (Å²) in [5.41, 5.74) is 5.16. The van der Waals surface area contributed by atoms with E-state index in [1.165, 1.54) is 13.2 Å². The first kappa shape index (κ1) is 26.2. The number of hydrogen-bond acceptors (Lipinski definition) is 6. The summed E-state index contributed by atoms with van der Waals surface area (Å²) in [5, 5.41) is 16.1. The van der Waals surface area contributed by atoms with E-state index >= 15 is 0 Å². The topological polar surface area (TPSA) is 94.7 Å². The minimum atomic E-state index is -0.380. The Morgan fingerprint density at radius 3 is 2.38 bits per heavy atom. The Morgan fingerprint density at radius 2 is 1.74 bits per heavy atom. The van der Waals surface area contributed by atoms with Crippen LogP contribution in [0, 0.1) is 24.0 Å². The van der Waals surface area contributed by atoms with E-state index < -0.39 is 0 Å². The van der Waals surface area contributed by atoms with E-state index in [0.29, 0.717) is 23.1 Å². The van der Waals surface area contributed by atoms with Crippen molar-refractivity contribution in [3.05, 3.63) is 111 Å². The van der Waals surface area contributed by atoms with Crippen molar-refractivity contribution in [2.45, 2.75) is 32.5 Å². The number of rotatable bonds is 8. The van der Waals surface area contributed by atoms with E-state index in [9.17, 15) is 10.1 Å². The lowest BCUT2D eigenvalue weighted by molar-refractivity contribution is -0.384. The number of benzene rings is 2. The Hall–Kier alpha value is -4.44. The molecule has 0 radical (unpaired) electrons. The van der Waals surface area contributed by atoms with Gasteiger partial charge in [-0.25, -0.2) is 0 Å². The Labute approximate surface area is 232 Å². The number of nitrogens with one attached hydrogen (secondary N) is 1. The summed E-state index contributed by atoms with van der Waals surface area (Å²) < 4.78 is 12.5. The van der Waals surface area contributed by atoms with Crippen LogP contribution in [0.4, 0.5) is 5.69 Å². The van der Waals surface area contributed by atoms with Gasteiger partial charge in [0.15, 0.2) is 5.11 Å². The predicted molar refractivity (Wildman–Crippen MR) is 152 cm³/mol. The van der Waals surface area contributed by atoms with Gasteiger partial charge >= 0.3 is 0 Å². The molecule has 0 unspecified atom stereocenters. The van der Waals surface area contributed by atoms with Gasteiger partial charge < -0.3 is 24.3 Å². The zero-order chi connectivity index (χ0) is 27.7. The van der Waals surface area contributed by atoms with Crippen LogP contribution in [0.1, 0.15) is 40.3 Å². The molecular weight excluding hydrogens is 514 g/mol. The number of methoxy groups -OCH3 is 2. The fraction of sp³-hybridized carbons (Fsp3) is 0.241. The van der Waals surface area contributed by atoms with Gasteiger partial charge in [-0.2, -0.15) is 0 Å². The molecule has 2 aromatic heterocycles. The van der Waals surface area contributed by atoms with Gasteiger partial charge in [0.1, 0.15) is 17.2 Å². The van der Waals surface area contributed by atoms with Crippen molar-refractivity contribution < 1.29 is 14.4 Å². The Kier molecular flexibility index (Phi) is 7.21. The summed E-state index contributed by atoms with van der Waals surface area (Å²) in [7, 11) is 3.14. The van der Waals surface area contributed by atoms with Gasteiger partial charge in [0.05, 0.1) is 43.0 Å². The quantitative estimate of drug-likeness (QED) is 0.175. The normalized spacial score (nSPS) is 16.7. The summed E-state index contributed by atoms with van der Waals surface area (Å²) >= 11 is 5.85. The number of aryl methyl sites for hydroxylation is 1.